The fourth-order valence-corrected chi connectivity index (χ4v) is 2.02. The molecule has 0 radical (unpaired) electrons. The van der Waals surface area contributed by atoms with Crippen molar-refractivity contribution in [3.63, 3.8) is 0 Å². The number of hydrogen-bond donors (Lipinski definition) is 2. The number of hydrogen-bond acceptors (Lipinski definition) is 2. The molecule has 1 aromatic rings. The van der Waals surface area contributed by atoms with Gasteiger partial charge < -0.3 is 10.8 Å². The molecule has 0 saturated heterocycles. The highest BCUT2D eigenvalue weighted by Crippen LogP contribution is 2.29. The molecule has 1 aliphatic carbocycles. The number of carboxylic acid groups (broad SMARTS) is 1. The maximum Gasteiger partial charge on any atom is 0.338 e. The summed E-state index contributed by atoms with van der Waals surface area (Å²) in [6.07, 6.45) is 2.54. The summed E-state index contributed by atoms with van der Waals surface area (Å²) < 4.78 is 13.3. The molecule has 1 atom stereocenters. The number of aryl methyl sites for hydroxylation is 1. The molecule has 0 amide bonds. The summed E-state index contributed by atoms with van der Waals surface area (Å²) in [5, 5.41) is 8.77. The predicted octanol–water partition coefficient (Wildman–Crippen LogP) is 2.28. The highest BCUT2D eigenvalue weighted by atomic mass is 35.5. The minimum Gasteiger partial charge on any atom is -0.478 e. The number of rotatable bonds is 1. The average molecular weight is 246 g/mol. The largest absolute Gasteiger partial charge is 0.478 e. The molecule has 0 heterocycles. The number of aromatic carboxylic acids is 1. The molecule has 1 aliphatic rings. The maximum absolute atomic E-state index is 13.3. The first-order valence-electron chi connectivity index (χ1n) is 4.91. The molecule has 5 heteroatoms. The lowest BCUT2D eigenvalue weighted by atomic mass is 9.87. The van der Waals surface area contributed by atoms with Crippen molar-refractivity contribution < 1.29 is 14.3 Å². The fraction of sp³-hybridized carbons (Fsp3) is 0.364. The topological polar surface area (TPSA) is 63.3 Å². The highest BCUT2D eigenvalue weighted by Gasteiger charge is 2.21. The quantitative estimate of drug-likeness (QED) is 0.798. The lowest BCUT2D eigenvalue weighted by molar-refractivity contribution is 0.0691. The Morgan fingerprint density at radius 1 is 1.50 bits per heavy atom. The van der Waals surface area contributed by atoms with Crippen molar-refractivity contribution in [3.05, 3.63) is 34.6 Å². The van der Waals surface area contributed by atoms with Crippen molar-refractivity contribution >= 4 is 18.4 Å². The summed E-state index contributed by atoms with van der Waals surface area (Å²) in [6, 6.07) is 2.52. The van der Waals surface area contributed by atoms with E-state index in [9.17, 15) is 9.18 Å². The van der Waals surface area contributed by atoms with Crippen molar-refractivity contribution in [2.24, 2.45) is 5.73 Å². The molecule has 0 saturated carbocycles. The number of fused-ring (bicyclic) bond motifs is 1. The second kappa shape index (κ2) is 4.80. The third kappa shape index (κ3) is 2.18. The van der Waals surface area contributed by atoms with Gasteiger partial charge in [-0.05, 0) is 42.5 Å². The smallest absolute Gasteiger partial charge is 0.338 e. The Morgan fingerprint density at radius 2 is 2.19 bits per heavy atom. The van der Waals surface area contributed by atoms with E-state index in [0.717, 1.165) is 30.4 Å². The van der Waals surface area contributed by atoms with Crippen LogP contribution in [-0.4, -0.2) is 11.1 Å². The van der Waals surface area contributed by atoms with Crippen LogP contribution in [-0.2, 0) is 6.42 Å². The summed E-state index contributed by atoms with van der Waals surface area (Å²) in [7, 11) is 0. The first-order chi connectivity index (χ1) is 7.09. The Kier molecular flexibility index (Phi) is 3.88. The third-order valence-corrected chi connectivity index (χ3v) is 2.82. The van der Waals surface area contributed by atoms with Gasteiger partial charge in [-0.1, -0.05) is 0 Å². The molecule has 0 spiro atoms. The number of halogens is 2. The van der Waals surface area contributed by atoms with E-state index in [1.807, 2.05) is 0 Å². The summed E-state index contributed by atoms with van der Waals surface area (Å²) >= 11 is 0. The molecular weight excluding hydrogens is 233 g/mol. The van der Waals surface area contributed by atoms with Gasteiger partial charge in [0.05, 0.1) is 5.56 Å². The zero-order valence-corrected chi connectivity index (χ0v) is 9.39. The molecule has 0 unspecified atom stereocenters. The van der Waals surface area contributed by atoms with E-state index in [0.29, 0.717) is 0 Å². The average Bonchev–Trinajstić information content (AvgIpc) is 2.16. The lowest BCUT2D eigenvalue weighted by Crippen LogP contribution is -2.19. The van der Waals surface area contributed by atoms with E-state index in [4.69, 9.17) is 10.8 Å². The minimum absolute atomic E-state index is 0. The van der Waals surface area contributed by atoms with Crippen molar-refractivity contribution in [1.29, 1.82) is 0 Å². The van der Waals surface area contributed by atoms with Crippen LogP contribution >= 0.6 is 12.4 Å². The van der Waals surface area contributed by atoms with E-state index in [1.165, 1.54) is 12.1 Å². The van der Waals surface area contributed by atoms with Crippen LogP contribution in [0.2, 0.25) is 0 Å². The monoisotopic (exact) mass is 245 g/mol. The van der Waals surface area contributed by atoms with Gasteiger partial charge in [0.1, 0.15) is 5.82 Å². The summed E-state index contributed by atoms with van der Waals surface area (Å²) in [6.45, 7) is 0. The van der Waals surface area contributed by atoms with Crippen molar-refractivity contribution in [3.8, 4) is 0 Å². The van der Waals surface area contributed by atoms with E-state index in [2.05, 4.69) is 0 Å². The van der Waals surface area contributed by atoms with Gasteiger partial charge in [-0.2, -0.15) is 0 Å². The standard InChI is InChI=1S/C11H12FNO2.ClH/c12-9-4-6-2-1-3-10(13)7(6)5-8(9)11(14)15;/h4-5,10H,1-3,13H2,(H,14,15);1H/t10-;/m1./s1. The molecule has 3 nitrogen and oxygen atoms in total. The van der Waals surface area contributed by atoms with E-state index >= 15 is 0 Å². The minimum atomic E-state index is -1.24. The van der Waals surface area contributed by atoms with Crippen LogP contribution in [0.15, 0.2) is 12.1 Å². The summed E-state index contributed by atoms with van der Waals surface area (Å²) in [5.41, 5.74) is 7.19. The van der Waals surface area contributed by atoms with Crippen LogP contribution in [0.1, 0.15) is 40.4 Å². The van der Waals surface area contributed by atoms with Gasteiger partial charge >= 0.3 is 5.97 Å². The fourth-order valence-electron chi connectivity index (χ4n) is 2.02. The van der Waals surface area contributed by atoms with E-state index in [1.54, 1.807) is 0 Å². The molecule has 88 valence electrons. The number of carbonyl (C=O) groups is 1. The summed E-state index contributed by atoms with van der Waals surface area (Å²) in [5.74, 6) is -1.91. The Hall–Kier alpha value is -1.13. The first-order valence-corrected chi connectivity index (χ1v) is 4.91. The van der Waals surface area contributed by atoms with Crippen LogP contribution in [0.3, 0.4) is 0 Å². The van der Waals surface area contributed by atoms with E-state index < -0.39 is 11.8 Å². The van der Waals surface area contributed by atoms with Crippen molar-refractivity contribution in [1.82, 2.24) is 0 Å². The molecule has 16 heavy (non-hydrogen) atoms. The van der Waals surface area contributed by atoms with Gasteiger partial charge in [0.25, 0.3) is 0 Å². The molecule has 0 aliphatic heterocycles. The van der Waals surface area contributed by atoms with Crippen molar-refractivity contribution in [2.45, 2.75) is 25.3 Å². The van der Waals surface area contributed by atoms with Crippen LogP contribution in [0, 0.1) is 5.82 Å². The SMILES string of the molecule is Cl.N[C@@H]1CCCc2cc(F)c(C(=O)O)cc21. The zero-order chi connectivity index (χ0) is 11.0. The second-order valence-corrected chi connectivity index (χ2v) is 3.83. The predicted molar refractivity (Wildman–Crippen MR) is 60.5 cm³/mol. The molecule has 0 bridgehead atoms. The Labute approximate surface area is 98.9 Å². The van der Waals surface area contributed by atoms with Gasteiger partial charge in [-0.25, -0.2) is 9.18 Å². The molecule has 0 fully saturated rings. The first kappa shape index (κ1) is 12.9. The molecule has 1 aromatic carbocycles. The summed E-state index contributed by atoms with van der Waals surface area (Å²) in [4.78, 5) is 10.7. The molecular formula is C11H13ClFNO2. The molecule has 3 N–H and O–H groups in total. The Balaban J connectivity index is 0.00000128. The molecule has 2 rings (SSSR count). The third-order valence-electron chi connectivity index (χ3n) is 2.82. The highest BCUT2D eigenvalue weighted by molar-refractivity contribution is 5.88. The van der Waals surface area contributed by atoms with Gasteiger partial charge in [-0.15, -0.1) is 12.4 Å². The number of nitrogens with two attached hydrogens (primary N) is 1. The second-order valence-electron chi connectivity index (χ2n) is 3.83. The van der Waals surface area contributed by atoms with Crippen molar-refractivity contribution in [2.75, 3.05) is 0 Å². The van der Waals surface area contributed by atoms with Crippen LogP contribution in [0.25, 0.3) is 0 Å². The van der Waals surface area contributed by atoms with E-state index in [-0.39, 0.29) is 24.0 Å². The Morgan fingerprint density at radius 3 is 2.81 bits per heavy atom. The van der Waals surface area contributed by atoms with Gasteiger partial charge in [0, 0.05) is 6.04 Å². The number of carboxylic acids is 1. The normalized spacial score (nSPS) is 18.5. The zero-order valence-electron chi connectivity index (χ0n) is 8.57. The van der Waals surface area contributed by atoms with Crippen LogP contribution in [0.4, 0.5) is 4.39 Å². The molecule has 0 aromatic heterocycles. The maximum atomic E-state index is 13.3. The number of benzene rings is 1. The van der Waals surface area contributed by atoms with Gasteiger partial charge in [0.2, 0.25) is 0 Å². The van der Waals surface area contributed by atoms with Crippen LogP contribution in [0.5, 0.6) is 0 Å². The van der Waals surface area contributed by atoms with Gasteiger partial charge in [-0.3, -0.25) is 0 Å². The van der Waals surface area contributed by atoms with Gasteiger partial charge in [0.15, 0.2) is 0 Å². The Bertz CT molecular complexity index is 423. The lowest BCUT2D eigenvalue weighted by Gasteiger charge is -2.22. The van der Waals surface area contributed by atoms with Crippen LogP contribution < -0.4 is 5.73 Å².